The number of piperidine rings is 2. The van der Waals surface area contributed by atoms with Crippen molar-refractivity contribution in [1.29, 1.82) is 0 Å². The maximum atomic E-state index is 12.7. The van der Waals surface area contributed by atoms with Crippen LogP contribution >= 0.6 is 11.3 Å². The summed E-state index contributed by atoms with van der Waals surface area (Å²) >= 11 is 1.22. The van der Waals surface area contributed by atoms with Crippen LogP contribution in [-0.4, -0.2) is 64.0 Å². The second-order valence-electron chi connectivity index (χ2n) is 8.09. The lowest BCUT2D eigenvalue weighted by molar-refractivity contribution is -0.132. The molecule has 166 valence electrons. The summed E-state index contributed by atoms with van der Waals surface area (Å²) in [6.07, 6.45) is 9.08. The van der Waals surface area contributed by atoms with E-state index in [9.17, 15) is 9.59 Å². The summed E-state index contributed by atoms with van der Waals surface area (Å²) in [4.78, 5) is 37.5. The molecule has 0 aliphatic carbocycles. The summed E-state index contributed by atoms with van der Waals surface area (Å²) in [7, 11) is 0. The van der Waals surface area contributed by atoms with E-state index in [4.69, 9.17) is 4.74 Å². The van der Waals surface area contributed by atoms with Gasteiger partial charge in [0.2, 0.25) is 5.91 Å². The fraction of sp³-hybridized carbons (Fsp3) is 0.545. The van der Waals surface area contributed by atoms with Crippen LogP contribution in [0.4, 0.5) is 4.79 Å². The molecule has 2 saturated heterocycles. The monoisotopic (exact) mass is 443 g/mol. The van der Waals surface area contributed by atoms with Gasteiger partial charge in [-0.3, -0.25) is 9.78 Å². The van der Waals surface area contributed by atoms with Crippen molar-refractivity contribution in [3.8, 4) is 5.19 Å². The normalized spacial score (nSPS) is 18.0. The summed E-state index contributed by atoms with van der Waals surface area (Å²) in [6, 6.07) is 4.30. The zero-order chi connectivity index (χ0) is 21.5. The Kier molecular flexibility index (Phi) is 7.48. The molecule has 0 aromatic carbocycles. The highest BCUT2D eigenvalue weighted by Crippen LogP contribution is 2.23. The largest absolute Gasteiger partial charge is 0.414 e. The molecular weight excluding hydrogens is 414 g/mol. The van der Waals surface area contributed by atoms with Crippen molar-refractivity contribution < 1.29 is 14.3 Å². The van der Waals surface area contributed by atoms with Gasteiger partial charge in [0.15, 0.2) is 0 Å². The number of nitrogens with one attached hydrogen (secondary N) is 1. The fourth-order valence-electron chi connectivity index (χ4n) is 4.24. The van der Waals surface area contributed by atoms with Crippen LogP contribution in [0.5, 0.6) is 5.19 Å². The molecule has 2 aromatic heterocycles. The SMILES string of the molecule is O=C(NCc1cccnc1)Oc1nc(CC(=O)N2CCC(N3CCCCC3)CC2)cs1. The van der Waals surface area contributed by atoms with E-state index in [1.807, 2.05) is 17.0 Å². The van der Waals surface area contributed by atoms with Crippen LogP contribution in [0, 0.1) is 0 Å². The number of nitrogens with zero attached hydrogens (tertiary/aromatic N) is 4. The first kappa shape index (κ1) is 21.7. The maximum absolute atomic E-state index is 12.7. The smallest absolute Gasteiger partial charge is 0.381 e. The van der Waals surface area contributed by atoms with E-state index in [0.717, 1.165) is 31.5 Å². The number of carbonyl (C=O) groups is 2. The third-order valence-electron chi connectivity index (χ3n) is 5.93. The highest BCUT2D eigenvalue weighted by molar-refractivity contribution is 7.11. The Labute approximate surface area is 186 Å². The minimum absolute atomic E-state index is 0.0926. The molecule has 2 aliphatic heterocycles. The molecule has 0 bridgehead atoms. The van der Waals surface area contributed by atoms with Crippen LogP contribution in [-0.2, 0) is 17.8 Å². The van der Waals surface area contributed by atoms with E-state index in [-0.39, 0.29) is 17.5 Å². The topological polar surface area (TPSA) is 87.7 Å². The molecule has 4 heterocycles. The number of ether oxygens (including phenoxy) is 1. The fourth-order valence-corrected chi connectivity index (χ4v) is 4.91. The van der Waals surface area contributed by atoms with Crippen LogP contribution in [0.2, 0.25) is 0 Å². The quantitative estimate of drug-likeness (QED) is 0.739. The number of amides is 2. The van der Waals surface area contributed by atoms with Gasteiger partial charge in [-0.2, -0.15) is 0 Å². The highest BCUT2D eigenvalue weighted by Gasteiger charge is 2.27. The zero-order valence-corrected chi connectivity index (χ0v) is 18.5. The van der Waals surface area contributed by atoms with E-state index >= 15 is 0 Å². The van der Waals surface area contributed by atoms with Crippen LogP contribution < -0.4 is 10.1 Å². The van der Waals surface area contributed by atoms with Gasteiger partial charge in [-0.05, 0) is 50.4 Å². The van der Waals surface area contributed by atoms with Crippen LogP contribution in [0.3, 0.4) is 0 Å². The highest BCUT2D eigenvalue weighted by atomic mass is 32.1. The van der Waals surface area contributed by atoms with Gasteiger partial charge < -0.3 is 19.9 Å². The van der Waals surface area contributed by atoms with Crippen LogP contribution in [0.1, 0.15) is 43.4 Å². The number of likely N-dealkylation sites (tertiary alicyclic amines) is 2. The Morgan fingerprint density at radius 1 is 1.16 bits per heavy atom. The lowest BCUT2D eigenvalue weighted by Crippen LogP contribution is -2.48. The third kappa shape index (κ3) is 6.24. The van der Waals surface area contributed by atoms with Crippen molar-refractivity contribution in [3.05, 3.63) is 41.2 Å². The molecular formula is C22H29N5O3S. The number of hydrogen-bond acceptors (Lipinski definition) is 7. The average molecular weight is 444 g/mol. The number of rotatable bonds is 6. The summed E-state index contributed by atoms with van der Waals surface area (Å²) in [5.74, 6) is 0.0926. The van der Waals surface area contributed by atoms with Crippen molar-refractivity contribution >= 4 is 23.3 Å². The van der Waals surface area contributed by atoms with Gasteiger partial charge in [0.25, 0.3) is 5.19 Å². The number of hydrogen-bond donors (Lipinski definition) is 1. The van der Waals surface area contributed by atoms with Crippen LogP contribution in [0.25, 0.3) is 0 Å². The summed E-state index contributed by atoms with van der Waals surface area (Å²) < 4.78 is 5.23. The minimum Gasteiger partial charge on any atom is -0.381 e. The average Bonchev–Trinajstić information content (AvgIpc) is 3.25. The van der Waals surface area contributed by atoms with Gasteiger partial charge in [0.05, 0.1) is 12.1 Å². The Bertz CT molecular complexity index is 861. The van der Waals surface area contributed by atoms with Crippen molar-refractivity contribution in [2.45, 2.75) is 51.1 Å². The number of pyridine rings is 1. The van der Waals surface area contributed by atoms with Gasteiger partial charge in [-0.15, -0.1) is 0 Å². The van der Waals surface area contributed by atoms with Crippen molar-refractivity contribution in [3.63, 3.8) is 0 Å². The van der Waals surface area contributed by atoms with Crippen molar-refractivity contribution in [2.75, 3.05) is 26.2 Å². The molecule has 2 fully saturated rings. The van der Waals surface area contributed by atoms with E-state index < -0.39 is 6.09 Å². The summed E-state index contributed by atoms with van der Waals surface area (Å²) in [6.45, 7) is 4.36. The summed E-state index contributed by atoms with van der Waals surface area (Å²) in [5, 5.41) is 4.69. The zero-order valence-electron chi connectivity index (χ0n) is 17.7. The number of carbonyl (C=O) groups excluding carboxylic acids is 2. The predicted octanol–water partition coefficient (Wildman–Crippen LogP) is 2.85. The van der Waals surface area contributed by atoms with E-state index in [1.165, 1.54) is 43.7 Å². The number of aromatic nitrogens is 2. The number of thiazole rings is 1. The molecule has 2 aliphatic rings. The molecule has 2 amide bonds. The van der Waals surface area contributed by atoms with Crippen LogP contribution in [0.15, 0.2) is 29.9 Å². The van der Waals surface area contributed by atoms with Crippen molar-refractivity contribution in [1.82, 2.24) is 25.1 Å². The molecule has 4 rings (SSSR count). The molecule has 31 heavy (non-hydrogen) atoms. The van der Waals surface area contributed by atoms with Gasteiger partial charge in [0, 0.05) is 43.4 Å². The van der Waals surface area contributed by atoms with Gasteiger partial charge in [-0.25, -0.2) is 9.78 Å². The first-order valence-corrected chi connectivity index (χ1v) is 11.9. The minimum atomic E-state index is -0.573. The second kappa shape index (κ2) is 10.7. The first-order valence-electron chi connectivity index (χ1n) is 11.0. The maximum Gasteiger partial charge on any atom is 0.414 e. The predicted molar refractivity (Wildman–Crippen MR) is 118 cm³/mol. The van der Waals surface area contributed by atoms with Crippen molar-refractivity contribution in [2.24, 2.45) is 0 Å². The van der Waals surface area contributed by atoms with Gasteiger partial charge in [-0.1, -0.05) is 23.8 Å². The molecule has 1 N–H and O–H groups in total. The molecule has 0 saturated carbocycles. The summed E-state index contributed by atoms with van der Waals surface area (Å²) in [5.41, 5.74) is 1.53. The standard InChI is InChI=1S/C22H29N5O3S/c28-20(27-11-6-19(7-12-27)26-9-2-1-3-10-26)13-18-16-31-22(25-18)30-21(29)24-15-17-5-4-8-23-14-17/h4-5,8,14,16,19H,1-3,6-7,9-13,15H2,(H,24,29). The van der Waals surface area contributed by atoms with Gasteiger partial charge in [0.1, 0.15) is 0 Å². The lowest BCUT2D eigenvalue weighted by atomic mass is 9.99. The first-order chi connectivity index (χ1) is 15.2. The molecule has 0 atom stereocenters. The third-order valence-corrected chi connectivity index (χ3v) is 6.69. The molecule has 9 heteroatoms. The molecule has 0 spiro atoms. The lowest BCUT2D eigenvalue weighted by Gasteiger charge is -2.40. The molecule has 0 radical (unpaired) electrons. The van der Waals surface area contributed by atoms with E-state index in [2.05, 4.69) is 20.2 Å². The molecule has 0 unspecified atom stereocenters. The second-order valence-corrected chi connectivity index (χ2v) is 8.92. The Morgan fingerprint density at radius 2 is 1.97 bits per heavy atom. The molecule has 8 nitrogen and oxygen atoms in total. The Hall–Kier alpha value is -2.52. The van der Waals surface area contributed by atoms with Gasteiger partial charge >= 0.3 is 6.09 Å². The molecule has 2 aromatic rings. The van der Waals surface area contributed by atoms with E-state index in [1.54, 1.807) is 17.8 Å². The van der Waals surface area contributed by atoms with E-state index in [0.29, 0.717) is 18.3 Å². The Balaban J connectivity index is 1.19. The Morgan fingerprint density at radius 3 is 2.71 bits per heavy atom.